The summed E-state index contributed by atoms with van der Waals surface area (Å²) >= 11 is 0. The maximum absolute atomic E-state index is 12.5. The fraction of sp³-hybridized carbons (Fsp3) is 0.833. The van der Waals surface area contributed by atoms with Gasteiger partial charge in [-0.1, -0.05) is 20.3 Å². The summed E-state index contributed by atoms with van der Waals surface area (Å²) < 4.78 is 0. The van der Waals surface area contributed by atoms with Crippen LogP contribution in [-0.2, 0) is 14.4 Å². The number of carboxylic acids is 1. The molecule has 1 saturated heterocycles. The predicted molar refractivity (Wildman–Crippen MR) is 90.4 cm³/mol. The summed E-state index contributed by atoms with van der Waals surface area (Å²) in [6, 6.07) is -0.692. The summed E-state index contributed by atoms with van der Waals surface area (Å²) in [6.07, 6.45) is 5.06. The molecule has 0 aromatic heterocycles. The Morgan fingerprint density at radius 2 is 1.75 bits per heavy atom. The van der Waals surface area contributed by atoms with E-state index in [1.807, 2.05) is 13.8 Å². The Balaban J connectivity index is 1.91. The molecule has 1 heterocycles. The van der Waals surface area contributed by atoms with Crippen molar-refractivity contribution in [3.63, 3.8) is 0 Å². The zero-order valence-electron chi connectivity index (χ0n) is 14.9. The van der Waals surface area contributed by atoms with E-state index in [9.17, 15) is 19.5 Å². The number of aliphatic carboxylic acids is 1. The summed E-state index contributed by atoms with van der Waals surface area (Å²) in [6.45, 7) is 6.03. The van der Waals surface area contributed by atoms with Crippen molar-refractivity contribution in [2.45, 2.75) is 64.8 Å². The van der Waals surface area contributed by atoms with E-state index in [-0.39, 0.29) is 30.6 Å². The third-order valence-electron chi connectivity index (χ3n) is 5.36. The van der Waals surface area contributed by atoms with Gasteiger partial charge in [0.2, 0.25) is 11.8 Å². The van der Waals surface area contributed by atoms with E-state index in [0.29, 0.717) is 25.6 Å². The largest absolute Gasteiger partial charge is 0.480 e. The van der Waals surface area contributed by atoms with Crippen molar-refractivity contribution in [2.75, 3.05) is 19.6 Å². The van der Waals surface area contributed by atoms with E-state index in [0.717, 1.165) is 32.1 Å². The van der Waals surface area contributed by atoms with Gasteiger partial charge in [-0.25, -0.2) is 4.79 Å². The van der Waals surface area contributed by atoms with Crippen LogP contribution in [0, 0.1) is 11.8 Å². The number of likely N-dealkylation sites (tertiary alicyclic amines) is 1. The minimum Gasteiger partial charge on any atom is -0.480 e. The highest BCUT2D eigenvalue weighted by molar-refractivity contribution is 5.87. The minimum atomic E-state index is -0.900. The number of carbonyl (C=O) groups is 3. The lowest BCUT2D eigenvalue weighted by atomic mass is 9.94. The molecule has 1 aliphatic heterocycles. The lowest BCUT2D eigenvalue weighted by Crippen LogP contribution is -2.43. The first-order valence-corrected chi connectivity index (χ1v) is 9.29. The fourth-order valence-corrected chi connectivity index (χ4v) is 4.30. The Hall–Kier alpha value is -1.59. The molecule has 6 nitrogen and oxygen atoms in total. The quantitative estimate of drug-likeness (QED) is 0.735. The molecule has 136 valence electrons. The molecule has 0 radical (unpaired) electrons. The molecule has 6 heteroatoms. The van der Waals surface area contributed by atoms with E-state index in [1.165, 1.54) is 4.90 Å². The van der Waals surface area contributed by atoms with Crippen LogP contribution in [0.5, 0.6) is 0 Å². The van der Waals surface area contributed by atoms with Gasteiger partial charge in [0.1, 0.15) is 6.04 Å². The Morgan fingerprint density at radius 1 is 1.08 bits per heavy atom. The molecule has 3 atom stereocenters. The summed E-state index contributed by atoms with van der Waals surface area (Å²) in [5, 5.41) is 9.52. The summed E-state index contributed by atoms with van der Waals surface area (Å²) in [5.74, 6) is -0.666. The van der Waals surface area contributed by atoms with Gasteiger partial charge >= 0.3 is 5.97 Å². The molecule has 1 aliphatic carbocycles. The van der Waals surface area contributed by atoms with Crippen LogP contribution < -0.4 is 0 Å². The van der Waals surface area contributed by atoms with Gasteiger partial charge in [0, 0.05) is 32.5 Å². The van der Waals surface area contributed by atoms with E-state index < -0.39 is 12.0 Å². The Bertz CT molecular complexity index is 474. The molecule has 2 aliphatic rings. The molecule has 0 spiro atoms. The van der Waals surface area contributed by atoms with Crippen molar-refractivity contribution < 1.29 is 19.5 Å². The average molecular weight is 338 g/mol. The first-order valence-electron chi connectivity index (χ1n) is 9.29. The highest BCUT2D eigenvalue weighted by atomic mass is 16.4. The minimum absolute atomic E-state index is 0.00156. The molecule has 2 rings (SSSR count). The van der Waals surface area contributed by atoms with Gasteiger partial charge in [0.15, 0.2) is 0 Å². The van der Waals surface area contributed by atoms with E-state index in [1.54, 1.807) is 4.90 Å². The SMILES string of the molecule is CCCN(CCC)C(=O)CCC(=O)N1CC2CCCC2C1C(=O)O. The number of nitrogens with zero attached hydrogens (tertiary/aromatic N) is 2. The zero-order valence-corrected chi connectivity index (χ0v) is 14.9. The Morgan fingerprint density at radius 3 is 2.33 bits per heavy atom. The van der Waals surface area contributed by atoms with Gasteiger partial charge in [0.05, 0.1) is 0 Å². The normalized spacial score (nSPS) is 25.6. The highest BCUT2D eigenvalue weighted by Gasteiger charge is 2.49. The number of carboxylic acid groups (broad SMARTS) is 1. The van der Waals surface area contributed by atoms with Crippen LogP contribution in [0.25, 0.3) is 0 Å². The van der Waals surface area contributed by atoms with Crippen molar-refractivity contribution in [1.29, 1.82) is 0 Å². The van der Waals surface area contributed by atoms with E-state index in [4.69, 9.17) is 0 Å². The van der Waals surface area contributed by atoms with Crippen molar-refractivity contribution in [3.8, 4) is 0 Å². The van der Waals surface area contributed by atoms with Crippen molar-refractivity contribution in [2.24, 2.45) is 11.8 Å². The van der Waals surface area contributed by atoms with Crippen LogP contribution in [-0.4, -0.2) is 58.4 Å². The third-order valence-corrected chi connectivity index (χ3v) is 5.36. The van der Waals surface area contributed by atoms with Crippen LogP contribution in [0.1, 0.15) is 58.8 Å². The first kappa shape index (κ1) is 18.7. The third kappa shape index (κ3) is 4.08. The topological polar surface area (TPSA) is 77.9 Å². The lowest BCUT2D eigenvalue weighted by molar-refractivity contribution is -0.150. The Kier molecular flexibility index (Phi) is 6.63. The van der Waals surface area contributed by atoms with Gasteiger partial charge < -0.3 is 14.9 Å². The standard InChI is InChI=1S/C18H30N2O4/c1-3-10-19(11-4-2)15(21)8-9-16(22)20-12-13-6-5-7-14(13)17(20)18(23)24/h13-14,17H,3-12H2,1-2H3,(H,23,24). The van der Waals surface area contributed by atoms with Crippen LogP contribution >= 0.6 is 0 Å². The predicted octanol–water partition coefficient (Wildman–Crippen LogP) is 2.13. The van der Waals surface area contributed by atoms with Gasteiger partial charge in [-0.3, -0.25) is 9.59 Å². The molecule has 2 amide bonds. The average Bonchev–Trinajstić information content (AvgIpc) is 3.12. The highest BCUT2D eigenvalue weighted by Crippen LogP contribution is 2.42. The molecule has 24 heavy (non-hydrogen) atoms. The molecule has 0 bridgehead atoms. The zero-order chi connectivity index (χ0) is 17.7. The second-order valence-corrected chi connectivity index (χ2v) is 7.06. The van der Waals surface area contributed by atoms with Crippen molar-refractivity contribution >= 4 is 17.8 Å². The molecule has 3 unspecified atom stereocenters. The molecule has 0 aromatic carbocycles. The number of rotatable bonds is 8. The maximum Gasteiger partial charge on any atom is 0.326 e. The Labute approximate surface area is 144 Å². The molecule has 1 saturated carbocycles. The molecule has 0 aromatic rings. The summed E-state index contributed by atoms with van der Waals surface area (Å²) in [7, 11) is 0. The van der Waals surface area contributed by atoms with Crippen molar-refractivity contribution in [3.05, 3.63) is 0 Å². The molecular weight excluding hydrogens is 308 g/mol. The number of hydrogen-bond donors (Lipinski definition) is 1. The van der Waals surface area contributed by atoms with E-state index in [2.05, 4.69) is 0 Å². The smallest absolute Gasteiger partial charge is 0.326 e. The lowest BCUT2D eigenvalue weighted by Gasteiger charge is -2.25. The number of fused-ring (bicyclic) bond motifs is 1. The summed E-state index contributed by atoms with van der Waals surface area (Å²) in [5.41, 5.74) is 0. The van der Waals surface area contributed by atoms with Gasteiger partial charge in [-0.2, -0.15) is 0 Å². The number of amides is 2. The van der Waals surface area contributed by atoms with Gasteiger partial charge in [-0.15, -0.1) is 0 Å². The van der Waals surface area contributed by atoms with Crippen LogP contribution in [0.4, 0.5) is 0 Å². The molecule has 2 fully saturated rings. The van der Waals surface area contributed by atoms with Gasteiger partial charge in [-0.05, 0) is 37.5 Å². The molecular formula is C18H30N2O4. The van der Waals surface area contributed by atoms with Crippen LogP contribution in [0.3, 0.4) is 0 Å². The monoisotopic (exact) mass is 338 g/mol. The van der Waals surface area contributed by atoms with Gasteiger partial charge in [0.25, 0.3) is 0 Å². The van der Waals surface area contributed by atoms with Crippen molar-refractivity contribution in [1.82, 2.24) is 9.80 Å². The first-order chi connectivity index (χ1) is 11.5. The second-order valence-electron chi connectivity index (χ2n) is 7.06. The second kappa shape index (κ2) is 8.49. The van der Waals surface area contributed by atoms with Crippen LogP contribution in [0.2, 0.25) is 0 Å². The fourth-order valence-electron chi connectivity index (χ4n) is 4.30. The maximum atomic E-state index is 12.5. The van der Waals surface area contributed by atoms with Crippen LogP contribution in [0.15, 0.2) is 0 Å². The number of hydrogen-bond acceptors (Lipinski definition) is 3. The molecule has 1 N–H and O–H groups in total. The number of carbonyl (C=O) groups excluding carboxylic acids is 2. The van der Waals surface area contributed by atoms with E-state index >= 15 is 0 Å². The summed E-state index contributed by atoms with van der Waals surface area (Å²) in [4.78, 5) is 39.8.